The number of amides is 1. The fourth-order valence-corrected chi connectivity index (χ4v) is 3.70. The van der Waals surface area contributed by atoms with Crippen molar-refractivity contribution >= 4 is 11.9 Å². The second-order valence-corrected chi connectivity index (χ2v) is 7.48. The molecule has 1 amide bonds. The molecule has 5 nitrogen and oxygen atoms in total. The normalized spacial score (nSPS) is 11.2. The van der Waals surface area contributed by atoms with Crippen molar-refractivity contribution in [2.24, 2.45) is 0 Å². The first kappa shape index (κ1) is 22.2. The maximum atomic E-state index is 12.6. The third kappa shape index (κ3) is 5.19. The number of benzene rings is 3. The Kier molecular flexibility index (Phi) is 7.21. The maximum absolute atomic E-state index is 12.6. The van der Waals surface area contributed by atoms with Gasteiger partial charge in [-0.25, -0.2) is 0 Å². The van der Waals surface area contributed by atoms with E-state index < -0.39 is 11.6 Å². The predicted octanol–water partition coefficient (Wildman–Crippen LogP) is 4.47. The molecule has 3 rings (SSSR count). The molecule has 0 atom stereocenters. The van der Waals surface area contributed by atoms with E-state index in [1.165, 1.54) is 0 Å². The molecule has 0 aliphatic carbocycles. The van der Waals surface area contributed by atoms with Crippen molar-refractivity contribution in [2.75, 3.05) is 13.2 Å². The number of carbonyl (C=O) groups excluding carboxylic acids is 1. The van der Waals surface area contributed by atoms with Crippen LogP contribution in [0.1, 0.15) is 39.0 Å². The fraction of sp³-hybridized carbons (Fsp3) is 0.231. The molecule has 5 heteroatoms. The van der Waals surface area contributed by atoms with Crippen molar-refractivity contribution in [2.45, 2.75) is 25.9 Å². The molecular weight excluding hydrogens is 390 g/mol. The first-order valence-electron chi connectivity index (χ1n) is 10.3. The summed E-state index contributed by atoms with van der Waals surface area (Å²) in [6, 6.07) is 24.3. The van der Waals surface area contributed by atoms with E-state index in [4.69, 9.17) is 4.74 Å². The molecule has 0 saturated heterocycles. The van der Waals surface area contributed by atoms with Crippen LogP contribution in [0.25, 0.3) is 0 Å². The van der Waals surface area contributed by atoms with Gasteiger partial charge >= 0.3 is 5.97 Å². The monoisotopic (exact) mass is 417 g/mol. The maximum Gasteiger partial charge on any atom is 0.307 e. The van der Waals surface area contributed by atoms with Gasteiger partial charge in [-0.3, -0.25) is 9.59 Å². The van der Waals surface area contributed by atoms with Gasteiger partial charge in [0.1, 0.15) is 5.60 Å². The number of carboxylic acid groups (broad SMARTS) is 1. The number of hydrogen-bond acceptors (Lipinski definition) is 3. The number of ether oxygens (including phenoxy) is 1. The summed E-state index contributed by atoms with van der Waals surface area (Å²) in [5, 5.41) is 12.6. The summed E-state index contributed by atoms with van der Waals surface area (Å²) in [6.45, 7) is 4.31. The molecule has 0 aliphatic heterocycles. The van der Waals surface area contributed by atoms with Crippen molar-refractivity contribution in [3.05, 3.63) is 107 Å². The van der Waals surface area contributed by atoms with E-state index in [0.29, 0.717) is 5.56 Å². The summed E-state index contributed by atoms with van der Waals surface area (Å²) in [5.74, 6) is -1.14. The standard InChI is InChI=1S/C26H27NO4/c1-19-10-9-15-23(20(19)2)25(30)27-16-17-31-26(18-24(28)29,21-11-5-3-6-12-21)22-13-7-4-8-14-22/h3-15H,16-18H2,1-2H3,(H,27,30)(H,28,29). The van der Waals surface area contributed by atoms with Gasteiger partial charge < -0.3 is 15.2 Å². The minimum Gasteiger partial charge on any atom is -0.481 e. The van der Waals surface area contributed by atoms with Crippen molar-refractivity contribution in [1.82, 2.24) is 5.32 Å². The Hall–Kier alpha value is -3.44. The Morgan fingerprint density at radius 1 is 0.871 bits per heavy atom. The smallest absolute Gasteiger partial charge is 0.307 e. The minimum atomic E-state index is -1.15. The zero-order valence-electron chi connectivity index (χ0n) is 17.8. The zero-order chi connectivity index (χ0) is 22.3. The van der Waals surface area contributed by atoms with Crippen LogP contribution >= 0.6 is 0 Å². The van der Waals surface area contributed by atoms with Gasteiger partial charge in [0.05, 0.1) is 13.0 Å². The highest BCUT2D eigenvalue weighted by Gasteiger charge is 2.37. The molecular formula is C26H27NO4. The lowest BCUT2D eigenvalue weighted by atomic mass is 9.83. The quantitative estimate of drug-likeness (QED) is 0.504. The van der Waals surface area contributed by atoms with E-state index in [2.05, 4.69) is 5.32 Å². The lowest BCUT2D eigenvalue weighted by Crippen LogP contribution is -2.37. The highest BCUT2D eigenvalue weighted by atomic mass is 16.5. The van der Waals surface area contributed by atoms with E-state index in [1.54, 1.807) is 6.07 Å². The average Bonchev–Trinajstić information content (AvgIpc) is 2.78. The van der Waals surface area contributed by atoms with Gasteiger partial charge in [0.25, 0.3) is 5.91 Å². The highest BCUT2D eigenvalue weighted by Crippen LogP contribution is 2.37. The van der Waals surface area contributed by atoms with Gasteiger partial charge in [0.2, 0.25) is 0 Å². The van der Waals surface area contributed by atoms with Crippen LogP contribution in [0, 0.1) is 13.8 Å². The molecule has 31 heavy (non-hydrogen) atoms. The van der Waals surface area contributed by atoms with Gasteiger partial charge in [0.15, 0.2) is 0 Å². The second-order valence-electron chi connectivity index (χ2n) is 7.48. The Morgan fingerprint density at radius 3 is 2.00 bits per heavy atom. The van der Waals surface area contributed by atoms with Crippen LogP contribution in [-0.4, -0.2) is 30.1 Å². The Morgan fingerprint density at radius 2 is 1.45 bits per heavy atom. The molecule has 0 aliphatic rings. The number of aryl methyl sites for hydroxylation is 1. The molecule has 0 heterocycles. The molecule has 0 fully saturated rings. The number of aliphatic carboxylic acids is 1. The molecule has 0 bridgehead atoms. The number of carbonyl (C=O) groups is 2. The third-order valence-electron chi connectivity index (χ3n) is 5.47. The van der Waals surface area contributed by atoms with Crippen molar-refractivity contribution < 1.29 is 19.4 Å². The molecule has 2 N–H and O–H groups in total. The van der Waals surface area contributed by atoms with E-state index in [0.717, 1.165) is 22.3 Å². The van der Waals surface area contributed by atoms with Crippen LogP contribution in [-0.2, 0) is 15.1 Å². The molecule has 0 radical (unpaired) electrons. The van der Waals surface area contributed by atoms with Crippen molar-refractivity contribution in [1.29, 1.82) is 0 Å². The highest BCUT2D eigenvalue weighted by molar-refractivity contribution is 5.95. The summed E-state index contributed by atoms with van der Waals surface area (Å²) in [6.07, 6.45) is -0.230. The topological polar surface area (TPSA) is 75.6 Å². The van der Waals surface area contributed by atoms with Gasteiger partial charge in [-0.05, 0) is 42.2 Å². The first-order chi connectivity index (χ1) is 14.9. The van der Waals surface area contributed by atoms with E-state index >= 15 is 0 Å². The summed E-state index contributed by atoms with van der Waals surface area (Å²) in [4.78, 5) is 24.4. The van der Waals surface area contributed by atoms with Gasteiger partial charge in [-0.15, -0.1) is 0 Å². The summed E-state index contributed by atoms with van der Waals surface area (Å²) < 4.78 is 6.26. The van der Waals surface area contributed by atoms with Crippen LogP contribution in [0.5, 0.6) is 0 Å². The SMILES string of the molecule is Cc1cccc(C(=O)NCCOC(CC(=O)O)(c2ccccc2)c2ccccc2)c1C. The molecule has 3 aromatic carbocycles. The van der Waals surface area contributed by atoms with Gasteiger partial charge in [-0.1, -0.05) is 72.8 Å². The number of carboxylic acids is 1. The summed E-state index contributed by atoms with van der Waals surface area (Å²) in [5.41, 5.74) is 2.97. The number of hydrogen-bond donors (Lipinski definition) is 2. The zero-order valence-corrected chi connectivity index (χ0v) is 17.8. The predicted molar refractivity (Wildman–Crippen MR) is 120 cm³/mol. The molecule has 160 valence electrons. The molecule has 0 spiro atoms. The average molecular weight is 418 g/mol. The summed E-state index contributed by atoms with van der Waals surface area (Å²) in [7, 11) is 0. The van der Waals surface area contributed by atoms with E-state index in [-0.39, 0.29) is 25.5 Å². The first-order valence-corrected chi connectivity index (χ1v) is 10.3. The van der Waals surface area contributed by atoms with Crippen LogP contribution < -0.4 is 5.32 Å². The van der Waals surface area contributed by atoms with Crippen molar-refractivity contribution in [3.8, 4) is 0 Å². The third-order valence-corrected chi connectivity index (χ3v) is 5.47. The van der Waals surface area contributed by atoms with Crippen LogP contribution in [0.15, 0.2) is 78.9 Å². The van der Waals surface area contributed by atoms with Gasteiger partial charge in [-0.2, -0.15) is 0 Å². The Labute approximate surface area is 182 Å². The Balaban J connectivity index is 1.80. The number of nitrogens with one attached hydrogen (secondary N) is 1. The van der Waals surface area contributed by atoms with Gasteiger partial charge in [0, 0.05) is 12.1 Å². The second kappa shape index (κ2) is 10.0. The largest absolute Gasteiger partial charge is 0.481 e. The van der Waals surface area contributed by atoms with E-state index in [9.17, 15) is 14.7 Å². The van der Waals surface area contributed by atoms with Crippen LogP contribution in [0.3, 0.4) is 0 Å². The summed E-state index contributed by atoms with van der Waals surface area (Å²) >= 11 is 0. The lowest BCUT2D eigenvalue weighted by Gasteiger charge is -2.34. The fourth-order valence-electron chi connectivity index (χ4n) is 3.70. The van der Waals surface area contributed by atoms with E-state index in [1.807, 2.05) is 86.6 Å². The molecule has 0 unspecified atom stereocenters. The molecule has 3 aromatic rings. The van der Waals surface area contributed by atoms with Crippen LogP contribution in [0.2, 0.25) is 0 Å². The van der Waals surface area contributed by atoms with Crippen molar-refractivity contribution in [3.63, 3.8) is 0 Å². The Bertz CT molecular complexity index is 992. The molecule has 0 aromatic heterocycles. The molecule has 0 saturated carbocycles. The minimum absolute atomic E-state index is 0.160. The van der Waals surface area contributed by atoms with Crippen LogP contribution in [0.4, 0.5) is 0 Å². The lowest BCUT2D eigenvalue weighted by molar-refractivity contribution is -0.144. The number of rotatable bonds is 9.